The first-order valence-electron chi connectivity index (χ1n) is 10.5. The Kier molecular flexibility index (Phi) is 5.18. The standard InChI is InChI=1S/C26H37N/c1-18(2)13-14-27-23-11-9-21(25(3,4)5)16-19(23)15-20-17-22(26(6,7)8)10-12-24(20)27/h9-12,16-18H,13-15H2,1-8H3. The highest BCUT2D eigenvalue weighted by molar-refractivity contribution is 5.75. The van der Waals surface area contributed by atoms with Crippen LogP contribution in [0.15, 0.2) is 36.4 Å². The quantitative estimate of drug-likeness (QED) is 0.550. The Hall–Kier alpha value is -1.76. The summed E-state index contributed by atoms with van der Waals surface area (Å²) in [7, 11) is 0. The molecule has 0 saturated heterocycles. The van der Waals surface area contributed by atoms with Crippen LogP contribution in [0.3, 0.4) is 0 Å². The van der Waals surface area contributed by atoms with Crippen molar-refractivity contribution >= 4 is 11.4 Å². The van der Waals surface area contributed by atoms with Crippen molar-refractivity contribution < 1.29 is 0 Å². The Labute approximate surface area is 166 Å². The van der Waals surface area contributed by atoms with E-state index in [9.17, 15) is 0 Å². The van der Waals surface area contributed by atoms with Gasteiger partial charge in [0, 0.05) is 24.3 Å². The second kappa shape index (κ2) is 7.00. The summed E-state index contributed by atoms with van der Waals surface area (Å²) < 4.78 is 0. The second-order valence-corrected chi connectivity index (χ2v) is 10.7. The van der Waals surface area contributed by atoms with Crippen LogP contribution in [0.4, 0.5) is 11.4 Å². The van der Waals surface area contributed by atoms with E-state index in [2.05, 4.69) is 96.7 Å². The molecule has 0 radical (unpaired) electrons. The Morgan fingerprint density at radius 1 is 0.778 bits per heavy atom. The van der Waals surface area contributed by atoms with E-state index in [0.29, 0.717) is 5.92 Å². The molecule has 1 heterocycles. The maximum Gasteiger partial charge on any atom is 0.0446 e. The van der Waals surface area contributed by atoms with E-state index < -0.39 is 0 Å². The Bertz CT molecular complexity index is 752. The highest BCUT2D eigenvalue weighted by Gasteiger charge is 2.26. The fourth-order valence-electron chi connectivity index (χ4n) is 3.88. The van der Waals surface area contributed by atoms with E-state index >= 15 is 0 Å². The fraction of sp³-hybridized carbons (Fsp3) is 0.538. The highest BCUT2D eigenvalue weighted by atomic mass is 15.1. The van der Waals surface area contributed by atoms with E-state index in [1.807, 2.05) is 0 Å². The van der Waals surface area contributed by atoms with Gasteiger partial charge in [-0.2, -0.15) is 0 Å². The van der Waals surface area contributed by atoms with Crippen molar-refractivity contribution in [3.8, 4) is 0 Å². The minimum absolute atomic E-state index is 0.186. The van der Waals surface area contributed by atoms with Gasteiger partial charge in [0.25, 0.3) is 0 Å². The van der Waals surface area contributed by atoms with Crippen molar-refractivity contribution in [3.63, 3.8) is 0 Å². The molecule has 0 amide bonds. The van der Waals surface area contributed by atoms with Crippen LogP contribution in [0, 0.1) is 5.92 Å². The predicted molar refractivity (Wildman–Crippen MR) is 120 cm³/mol. The van der Waals surface area contributed by atoms with Crippen molar-refractivity contribution in [2.75, 3.05) is 11.4 Å². The monoisotopic (exact) mass is 363 g/mol. The molecule has 3 rings (SSSR count). The van der Waals surface area contributed by atoms with Gasteiger partial charge in [0.05, 0.1) is 0 Å². The van der Waals surface area contributed by atoms with Gasteiger partial charge in [-0.3, -0.25) is 0 Å². The van der Waals surface area contributed by atoms with Crippen LogP contribution in [0.25, 0.3) is 0 Å². The summed E-state index contributed by atoms with van der Waals surface area (Å²) in [6.45, 7) is 19.5. The third kappa shape index (κ3) is 4.23. The predicted octanol–water partition coefficient (Wildman–Crippen LogP) is 7.37. The molecule has 0 unspecified atom stereocenters. The minimum Gasteiger partial charge on any atom is -0.341 e. The van der Waals surface area contributed by atoms with E-state index in [0.717, 1.165) is 13.0 Å². The van der Waals surface area contributed by atoms with E-state index in [1.54, 1.807) is 0 Å². The lowest BCUT2D eigenvalue weighted by Gasteiger charge is -2.36. The van der Waals surface area contributed by atoms with Crippen LogP contribution in [0.1, 0.15) is 84.1 Å². The number of hydrogen-bond acceptors (Lipinski definition) is 1. The molecule has 0 N–H and O–H groups in total. The summed E-state index contributed by atoms with van der Waals surface area (Å²) in [6.07, 6.45) is 2.25. The molecule has 1 nitrogen and oxygen atoms in total. The fourth-order valence-corrected chi connectivity index (χ4v) is 3.88. The van der Waals surface area contributed by atoms with Gasteiger partial charge < -0.3 is 4.90 Å². The number of benzene rings is 2. The van der Waals surface area contributed by atoms with Gasteiger partial charge in [-0.1, -0.05) is 79.7 Å². The van der Waals surface area contributed by atoms with Gasteiger partial charge in [-0.05, 0) is 57.6 Å². The van der Waals surface area contributed by atoms with Gasteiger partial charge in [-0.25, -0.2) is 0 Å². The molecule has 27 heavy (non-hydrogen) atoms. The molecule has 0 aliphatic carbocycles. The number of anilines is 2. The van der Waals surface area contributed by atoms with Crippen LogP contribution < -0.4 is 4.90 Å². The van der Waals surface area contributed by atoms with E-state index in [1.165, 1.54) is 40.0 Å². The molecule has 1 aliphatic rings. The highest BCUT2D eigenvalue weighted by Crippen LogP contribution is 2.42. The lowest BCUT2D eigenvalue weighted by molar-refractivity contribution is 0.583. The molecule has 0 spiro atoms. The van der Waals surface area contributed by atoms with Crippen molar-refractivity contribution in [1.82, 2.24) is 0 Å². The van der Waals surface area contributed by atoms with Crippen molar-refractivity contribution in [2.45, 2.75) is 79.1 Å². The smallest absolute Gasteiger partial charge is 0.0446 e. The summed E-state index contributed by atoms with van der Waals surface area (Å²) in [6, 6.07) is 14.3. The molecule has 0 atom stereocenters. The molecular weight excluding hydrogens is 326 g/mol. The molecule has 0 aromatic heterocycles. The van der Waals surface area contributed by atoms with Gasteiger partial charge in [0.1, 0.15) is 0 Å². The van der Waals surface area contributed by atoms with E-state index in [-0.39, 0.29) is 10.8 Å². The summed E-state index contributed by atoms with van der Waals surface area (Å²) in [5, 5.41) is 0. The van der Waals surface area contributed by atoms with Crippen molar-refractivity contribution in [1.29, 1.82) is 0 Å². The van der Waals surface area contributed by atoms with Crippen LogP contribution >= 0.6 is 0 Å². The molecule has 2 aromatic rings. The third-order valence-corrected chi connectivity index (χ3v) is 5.78. The summed E-state index contributed by atoms with van der Waals surface area (Å²) >= 11 is 0. The summed E-state index contributed by atoms with van der Waals surface area (Å²) in [4.78, 5) is 2.56. The number of nitrogens with zero attached hydrogens (tertiary/aromatic N) is 1. The largest absolute Gasteiger partial charge is 0.341 e. The topological polar surface area (TPSA) is 3.24 Å². The summed E-state index contributed by atoms with van der Waals surface area (Å²) in [5.74, 6) is 0.710. The maximum atomic E-state index is 2.56. The van der Waals surface area contributed by atoms with Gasteiger partial charge in [0.2, 0.25) is 0 Å². The average molecular weight is 364 g/mol. The SMILES string of the molecule is CC(C)CCN1c2ccc(C(C)(C)C)cc2Cc2cc(C(C)(C)C)ccc21. The van der Waals surface area contributed by atoms with Gasteiger partial charge in [0.15, 0.2) is 0 Å². The first-order chi connectivity index (χ1) is 12.5. The van der Waals surface area contributed by atoms with Crippen LogP contribution in [0.2, 0.25) is 0 Å². The zero-order chi connectivity index (χ0) is 20.0. The van der Waals surface area contributed by atoms with Crippen molar-refractivity contribution in [2.24, 2.45) is 5.92 Å². The molecule has 0 saturated carbocycles. The third-order valence-electron chi connectivity index (χ3n) is 5.78. The lowest BCUT2D eigenvalue weighted by atomic mass is 9.82. The summed E-state index contributed by atoms with van der Waals surface area (Å²) in [5.41, 5.74) is 8.99. The van der Waals surface area contributed by atoms with Crippen LogP contribution in [-0.2, 0) is 17.3 Å². The molecule has 146 valence electrons. The number of hydrogen-bond donors (Lipinski definition) is 0. The van der Waals surface area contributed by atoms with Gasteiger partial charge >= 0.3 is 0 Å². The second-order valence-electron chi connectivity index (χ2n) is 10.7. The Morgan fingerprint density at radius 3 is 1.59 bits per heavy atom. The zero-order valence-corrected chi connectivity index (χ0v) is 18.6. The Morgan fingerprint density at radius 2 is 1.22 bits per heavy atom. The molecule has 2 aromatic carbocycles. The molecular formula is C26H37N. The zero-order valence-electron chi connectivity index (χ0n) is 18.6. The normalized spacial score (nSPS) is 14.3. The van der Waals surface area contributed by atoms with Crippen molar-refractivity contribution in [3.05, 3.63) is 58.7 Å². The average Bonchev–Trinajstić information content (AvgIpc) is 2.55. The minimum atomic E-state index is 0.186. The molecule has 0 bridgehead atoms. The maximum absolute atomic E-state index is 2.56. The first kappa shape index (κ1) is 20.0. The molecule has 1 heteroatoms. The van der Waals surface area contributed by atoms with Crippen LogP contribution in [0.5, 0.6) is 0 Å². The molecule has 1 aliphatic heterocycles. The molecule has 0 fully saturated rings. The first-order valence-corrected chi connectivity index (χ1v) is 10.5. The number of rotatable bonds is 3. The van der Waals surface area contributed by atoms with E-state index in [4.69, 9.17) is 0 Å². The lowest BCUT2D eigenvalue weighted by Crippen LogP contribution is -2.26. The number of fused-ring (bicyclic) bond motifs is 2. The Balaban J connectivity index is 2.09. The van der Waals surface area contributed by atoms with Gasteiger partial charge in [-0.15, -0.1) is 0 Å². The van der Waals surface area contributed by atoms with Crippen LogP contribution in [-0.4, -0.2) is 6.54 Å².